The summed E-state index contributed by atoms with van der Waals surface area (Å²) in [6, 6.07) is 11.1. The largest absolute Gasteiger partial charge is 0.465 e. The molecule has 4 heteroatoms. The summed E-state index contributed by atoms with van der Waals surface area (Å²) < 4.78 is 11.9. The second kappa shape index (κ2) is 8.64. The van der Waals surface area contributed by atoms with Crippen LogP contribution in [0.5, 0.6) is 0 Å². The number of hydrogen-bond donors (Lipinski definition) is 0. The predicted octanol–water partition coefficient (Wildman–Crippen LogP) is 5.34. The van der Waals surface area contributed by atoms with E-state index in [9.17, 15) is 4.79 Å². The maximum Gasteiger partial charge on any atom is 0.314 e. The Hall–Kier alpha value is -1.13. The van der Waals surface area contributed by atoms with Crippen LogP contribution in [0.25, 0.3) is 0 Å². The van der Waals surface area contributed by atoms with Gasteiger partial charge in [0.15, 0.2) is 8.32 Å². The van der Waals surface area contributed by atoms with E-state index in [1.165, 1.54) is 6.42 Å². The molecular weight excluding hydrogens is 304 g/mol. The lowest BCUT2D eigenvalue weighted by molar-refractivity contribution is -0.159. The molecule has 0 heterocycles. The van der Waals surface area contributed by atoms with Crippen molar-refractivity contribution in [3.05, 3.63) is 35.9 Å². The quantitative estimate of drug-likeness (QED) is 0.451. The lowest BCUT2D eigenvalue weighted by atomic mass is 9.83. The van der Waals surface area contributed by atoms with Crippen molar-refractivity contribution in [1.29, 1.82) is 0 Å². The summed E-state index contributed by atoms with van der Waals surface area (Å²) in [5.41, 5.74) is 0.330. The molecule has 1 atom stereocenters. The molecule has 0 fully saturated rings. The Labute approximate surface area is 142 Å². The van der Waals surface area contributed by atoms with Gasteiger partial charge in [-0.1, -0.05) is 50.1 Å². The smallest absolute Gasteiger partial charge is 0.314 e. The molecule has 1 aromatic carbocycles. The van der Waals surface area contributed by atoms with E-state index in [1.54, 1.807) is 0 Å². The van der Waals surface area contributed by atoms with E-state index < -0.39 is 13.7 Å². The Bertz CT molecular complexity index is 483. The maximum absolute atomic E-state index is 12.5. The van der Waals surface area contributed by atoms with Crippen LogP contribution in [0, 0.1) is 5.41 Å². The summed E-state index contributed by atoms with van der Waals surface area (Å²) in [5, 5.41) is 0. The molecular formula is C19H32O3Si. The number of carbonyl (C=O) groups is 1. The Morgan fingerprint density at radius 2 is 1.78 bits per heavy atom. The van der Waals surface area contributed by atoms with Gasteiger partial charge in [0.25, 0.3) is 0 Å². The highest BCUT2D eigenvalue weighted by molar-refractivity contribution is 6.71. The van der Waals surface area contributed by atoms with Crippen molar-refractivity contribution in [3.8, 4) is 0 Å². The first kappa shape index (κ1) is 19.9. The van der Waals surface area contributed by atoms with Crippen molar-refractivity contribution in [2.75, 3.05) is 6.61 Å². The van der Waals surface area contributed by atoms with Gasteiger partial charge in [0.1, 0.15) is 0 Å². The molecule has 0 saturated carbocycles. The number of esters is 1. The van der Waals surface area contributed by atoms with Gasteiger partial charge in [0.05, 0.1) is 18.1 Å². The van der Waals surface area contributed by atoms with Gasteiger partial charge in [-0.25, -0.2) is 0 Å². The first-order valence-corrected chi connectivity index (χ1v) is 11.8. The lowest BCUT2D eigenvalue weighted by Gasteiger charge is -2.38. The molecule has 3 nitrogen and oxygen atoms in total. The van der Waals surface area contributed by atoms with Crippen LogP contribution in [0.3, 0.4) is 0 Å². The van der Waals surface area contributed by atoms with Crippen LogP contribution >= 0.6 is 0 Å². The second-order valence-electron chi connectivity index (χ2n) is 7.21. The third-order valence-electron chi connectivity index (χ3n) is 4.13. The van der Waals surface area contributed by atoms with E-state index in [-0.39, 0.29) is 12.1 Å². The van der Waals surface area contributed by atoms with Crippen LogP contribution in [0.2, 0.25) is 19.1 Å². The molecule has 1 rings (SSSR count). The summed E-state index contributed by atoms with van der Waals surface area (Å²) >= 11 is 0. The van der Waals surface area contributed by atoms with Crippen LogP contribution in [0.15, 0.2) is 30.3 Å². The Morgan fingerprint density at radius 1 is 1.17 bits per heavy atom. The zero-order chi connectivity index (χ0) is 17.5. The van der Waals surface area contributed by atoms with Crippen molar-refractivity contribution in [2.45, 2.75) is 65.8 Å². The number of rotatable bonds is 9. The summed E-state index contributed by atoms with van der Waals surface area (Å²) in [5.74, 6) is -0.200. The molecule has 23 heavy (non-hydrogen) atoms. The molecule has 130 valence electrons. The van der Waals surface area contributed by atoms with Crippen LogP contribution < -0.4 is 0 Å². The number of hydrogen-bond acceptors (Lipinski definition) is 3. The predicted molar refractivity (Wildman–Crippen MR) is 97.9 cm³/mol. The Kier molecular flexibility index (Phi) is 7.48. The van der Waals surface area contributed by atoms with Gasteiger partial charge < -0.3 is 9.16 Å². The van der Waals surface area contributed by atoms with E-state index >= 15 is 0 Å². The number of carbonyl (C=O) groups excluding carboxylic acids is 1. The van der Waals surface area contributed by atoms with Gasteiger partial charge in [0.2, 0.25) is 0 Å². The van der Waals surface area contributed by atoms with Crippen molar-refractivity contribution >= 4 is 14.3 Å². The molecule has 0 spiro atoms. The fourth-order valence-corrected chi connectivity index (χ4v) is 5.06. The monoisotopic (exact) mass is 336 g/mol. The summed E-state index contributed by atoms with van der Waals surface area (Å²) in [6.07, 6.45) is 2.05. The van der Waals surface area contributed by atoms with E-state index in [0.717, 1.165) is 18.0 Å². The Balaban J connectivity index is 3.10. The fourth-order valence-electron chi connectivity index (χ4n) is 2.66. The third-order valence-corrected chi connectivity index (χ3v) is 6.56. The van der Waals surface area contributed by atoms with Gasteiger partial charge in [-0.3, -0.25) is 4.79 Å². The highest BCUT2D eigenvalue weighted by atomic mass is 28.4. The first-order chi connectivity index (χ1) is 10.7. The molecule has 0 radical (unpaired) electrons. The molecule has 0 aliphatic rings. The van der Waals surface area contributed by atoms with E-state index in [1.807, 2.05) is 51.1 Å². The zero-order valence-corrected chi connectivity index (χ0v) is 16.5. The average molecular weight is 337 g/mol. The van der Waals surface area contributed by atoms with Gasteiger partial charge in [0, 0.05) is 0 Å². The molecule has 0 aromatic heterocycles. The number of ether oxygens (including phenoxy) is 1. The molecule has 0 aliphatic heterocycles. The topological polar surface area (TPSA) is 35.5 Å². The summed E-state index contributed by atoms with van der Waals surface area (Å²) in [6.45, 7) is 12.7. The van der Waals surface area contributed by atoms with E-state index in [0.29, 0.717) is 6.61 Å². The van der Waals surface area contributed by atoms with Gasteiger partial charge in [-0.2, -0.15) is 0 Å². The minimum atomic E-state index is -1.86. The van der Waals surface area contributed by atoms with E-state index in [4.69, 9.17) is 9.16 Å². The standard InChI is InChI=1S/C19H32O3Si/c1-7-9-15-23(5,6)22-17(16-13-11-10-12-14-16)19(3,4)18(20)21-8-2/h10-14,17H,7-9,15H2,1-6H3. The normalized spacial score (nSPS) is 13.7. The minimum absolute atomic E-state index is 0.200. The van der Waals surface area contributed by atoms with Crippen molar-refractivity contribution in [2.24, 2.45) is 5.41 Å². The number of unbranched alkanes of at least 4 members (excludes halogenated alkanes) is 1. The first-order valence-electron chi connectivity index (χ1n) is 8.64. The van der Waals surface area contributed by atoms with Crippen LogP contribution in [-0.2, 0) is 14.0 Å². The third kappa shape index (κ3) is 5.77. The Morgan fingerprint density at radius 3 is 2.30 bits per heavy atom. The van der Waals surface area contributed by atoms with Crippen LogP contribution in [-0.4, -0.2) is 20.9 Å². The molecule has 0 amide bonds. The highest BCUT2D eigenvalue weighted by Gasteiger charge is 2.42. The van der Waals surface area contributed by atoms with Crippen molar-refractivity contribution < 1.29 is 14.0 Å². The SMILES string of the molecule is CCCC[Si](C)(C)OC(c1ccccc1)C(C)(C)C(=O)OCC. The van der Waals surface area contributed by atoms with E-state index in [2.05, 4.69) is 20.0 Å². The minimum Gasteiger partial charge on any atom is -0.465 e. The zero-order valence-electron chi connectivity index (χ0n) is 15.5. The highest BCUT2D eigenvalue weighted by Crippen LogP contribution is 2.40. The van der Waals surface area contributed by atoms with Crippen LogP contribution in [0.4, 0.5) is 0 Å². The van der Waals surface area contributed by atoms with Gasteiger partial charge >= 0.3 is 5.97 Å². The fraction of sp³-hybridized carbons (Fsp3) is 0.632. The second-order valence-corrected chi connectivity index (χ2v) is 11.5. The van der Waals surface area contributed by atoms with Crippen molar-refractivity contribution in [3.63, 3.8) is 0 Å². The molecule has 0 aliphatic carbocycles. The lowest BCUT2D eigenvalue weighted by Crippen LogP contribution is -2.41. The molecule has 1 unspecified atom stereocenters. The molecule has 0 bridgehead atoms. The number of benzene rings is 1. The van der Waals surface area contributed by atoms with Gasteiger partial charge in [-0.15, -0.1) is 0 Å². The molecule has 1 aromatic rings. The maximum atomic E-state index is 12.5. The van der Waals surface area contributed by atoms with Crippen LogP contribution in [0.1, 0.15) is 52.2 Å². The molecule has 0 saturated heterocycles. The van der Waals surface area contributed by atoms with Gasteiger partial charge in [-0.05, 0) is 45.5 Å². The van der Waals surface area contributed by atoms with Crippen molar-refractivity contribution in [1.82, 2.24) is 0 Å². The summed E-state index contributed by atoms with van der Waals surface area (Å²) in [4.78, 5) is 12.5. The average Bonchev–Trinajstić information content (AvgIpc) is 2.51. The molecule has 0 N–H and O–H groups in total. The summed E-state index contributed by atoms with van der Waals surface area (Å²) in [7, 11) is -1.86.